The molecule has 0 fully saturated rings. The molecule has 0 aliphatic rings. The standard InChI is InChI=1S/C15H11ClO4S.Na.H/c16-13-5-3-12(4-6-13)2-1-11-20-14-7-9-15(10-8-14)21(17,18)19;;/h3-10H,11H2,(H,17,18,19);;/q;+1;-1. The second kappa shape index (κ2) is 8.59. The minimum absolute atomic E-state index is 0. The molecule has 0 aliphatic heterocycles. The van der Waals surface area contributed by atoms with Crippen LogP contribution in [-0.4, -0.2) is 19.6 Å². The molecule has 0 amide bonds. The Morgan fingerprint density at radius 2 is 1.68 bits per heavy atom. The smallest absolute Gasteiger partial charge is 1.00 e. The van der Waals surface area contributed by atoms with Gasteiger partial charge in [0.2, 0.25) is 0 Å². The molecule has 0 heterocycles. The molecule has 0 aromatic heterocycles. The van der Waals surface area contributed by atoms with Crippen molar-refractivity contribution < 1.29 is 48.7 Å². The zero-order valence-corrected chi connectivity index (χ0v) is 15.4. The first-order chi connectivity index (χ1) is 9.95. The van der Waals surface area contributed by atoms with Crippen LogP contribution >= 0.6 is 11.6 Å². The quantitative estimate of drug-likeness (QED) is 0.487. The molecule has 2 aromatic carbocycles. The Bertz CT molecular complexity index is 781. The molecule has 2 aromatic rings. The molecule has 22 heavy (non-hydrogen) atoms. The molecule has 2 rings (SSSR count). The SMILES string of the molecule is O=S(=O)(O)c1ccc(OCC#Cc2ccc(Cl)cc2)cc1.[H-].[Na+]. The van der Waals surface area contributed by atoms with Crippen LogP contribution in [-0.2, 0) is 10.1 Å². The van der Waals surface area contributed by atoms with Crippen LogP contribution in [0.15, 0.2) is 53.4 Å². The van der Waals surface area contributed by atoms with Crippen molar-refractivity contribution in [1.29, 1.82) is 0 Å². The normalized spacial score (nSPS) is 10.1. The maximum absolute atomic E-state index is 10.9. The predicted molar refractivity (Wildman–Crippen MR) is 81.2 cm³/mol. The molecule has 0 radical (unpaired) electrons. The monoisotopic (exact) mass is 346 g/mol. The fraction of sp³-hybridized carbons (Fsp3) is 0.0667. The summed E-state index contributed by atoms with van der Waals surface area (Å²) in [5, 5.41) is 0.649. The van der Waals surface area contributed by atoms with Crippen molar-refractivity contribution in [3.63, 3.8) is 0 Å². The van der Waals surface area contributed by atoms with E-state index in [9.17, 15) is 8.42 Å². The van der Waals surface area contributed by atoms with E-state index in [1.807, 2.05) is 0 Å². The summed E-state index contributed by atoms with van der Waals surface area (Å²) >= 11 is 5.76. The number of benzene rings is 2. The van der Waals surface area contributed by atoms with Gasteiger partial charge in [0.25, 0.3) is 10.1 Å². The first kappa shape index (κ1) is 19.0. The van der Waals surface area contributed by atoms with Crippen LogP contribution in [0.1, 0.15) is 6.99 Å². The van der Waals surface area contributed by atoms with Crippen molar-refractivity contribution in [2.45, 2.75) is 4.90 Å². The molecular formula is C15H12ClNaO4S. The van der Waals surface area contributed by atoms with E-state index in [1.165, 1.54) is 24.3 Å². The summed E-state index contributed by atoms with van der Waals surface area (Å²) in [6.07, 6.45) is 0. The number of hydrogen-bond acceptors (Lipinski definition) is 3. The number of hydrogen-bond donors (Lipinski definition) is 1. The summed E-state index contributed by atoms with van der Waals surface area (Å²) in [4.78, 5) is -0.179. The van der Waals surface area contributed by atoms with E-state index < -0.39 is 10.1 Å². The summed E-state index contributed by atoms with van der Waals surface area (Å²) in [5.41, 5.74) is 0.824. The molecule has 110 valence electrons. The van der Waals surface area contributed by atoms with E-state index in [0.29, 0.717) is 10.8 Å². The Kier molecular flexibility index (Phi) is 7.43. The first-order valence-corrected chi connectivity index (χ1v) is 7.72. The average Bonchev–Trinajstić information content (AvgIpc) is 2.45. The zero-order chi connectivity index (χ0) is 15.3. The van der Waals surface area contributed by atoms with Gasteiger partial charge in [0.15, 0.2) is 0 Å². The van der Waals surface area contributed by atoms with Gasteiger partial charge >= 0.3 is 29.6 Å². The summed E-state index contributed by atoms with van der Waals surface area (Å²) in [7, 11) is -4.18. The van der Waals surface area contributed by atoms with Crippen LogP contribution in [0.3, 0.4) is 0 Å². The average molecular weight is 347 g/mol. The van der Waals surface area contributed by atoms with Crippen molar-refractivity contribution in [2.24, 2.45) is 0 Å². The molecule has 0 saturated carbocycles. The summed E-state index contributed by atoms with van der Waals surface area (Å²) in [5.74, 6) is 6.21. The number of halogens is 1. The number of ether oxygens (including phenoxy) is 1. The van der Waals surface area contributed by atoms with Gasteiger partial charge in [-0.15, -0.1) is 0 Å². The van der Waals surface area contributed by atoms with Gasteiger partial charge in [-0.1, -0.05) is 23.4 Å². The van der Waals surface area contributed by atoms with Crippen LogP contribution in [0, 0.1) is 11.8 Å². The zero-order valence-electron chi connectivity index (χ0n) is 12.8. The summed E-state index contributed by atoms with van der Waals surface area (Å²) in [6, 6.07) is 12.5. The van der Waals surface area contributed by atoms with Crippen molar-refractivity contribution in [1.82, 2.24) is 0 Å². The van der Waals surface area contributed by atoms with Gasteiger partial charge in [-0.05, 0) is 48.5 Å². The third-order valence-electron chi connectivity index (χ3n) is 2.51. The Morgan fingerprint density at radius 1 is 1.09 bits per heavy atom. The van der Waals surface area contributed by atoms with Crippen LogP contribution in [0.2, 0.25) is 5.02 Å². The van der Waals surface area contributed by atoms with Gasteiger partial charge in [0.05, 0.1) is 4.90 Å². The Balaban J connectivity index is 0.00000242. The Labute approximate surface area is 158 Å². The summed E-state index contributed by atoms with van der Waals surface area (Å²) in [6.45, 7) is 0.161. The van der Waals surface area contributed by atoms with E-state index in [4.69, 9.17) is 20.9 Å². The fourth-order valence-electron chi connectivity index (χ4n) is 1.50. The van der Waals surface area contributed by atoms with Gasteiger partial charge in [-0.2, -0.15) is 8.42 Å². The molecule has 4 nitrogen and oxygen atoms in total. The molecular weight excluding hydrogens is 335 g/mol. The Hall–Kier alpha value is -1.000. The third-order valence-corrected chi connectivity index (χ3v) is 3.63. The van der Waals surface area contributed by atoms with Crippen LogP contribution in [0.5, 0.6) is 5.75 Å². The van der Waals surface area contributed by atoms with Crippen molar-refractivity contribution in [3.05, 3.63) is 59.1 Å². The fourth-order valence-corrected chi connectivity index (χ4v) is 2.10. The predicted octanol–water partition coefficient (Wildman–Crippen LogP) is 0.134. The van der Waals surface area contributed by atoms with E-state index in [0.717, 1.165) is 5.56 Å². The first-order valence-electron chi connectivity index (χ1n) is 5.90. The van der Waals surface area contributed by atoms with E-state index in [1.54, 1.807) is 24.3 Å². The van der Waals surface area contributed by atoms with Crippen molar-refractivity contribution in [3.8, 4) is 17.6 Å². The maximum atomic E-state index is 10.9. The topological polar surface area (TPSA) is 63.6 Å². The molecule has 0 saturated heterocycles. The molecule has 7 heteroatoms. The van der Waals surface area contributed by atoms with E-state index >= 15 is 0 Å². The van der Waals surface area contributed by atoms with Crippen molar-refractivity contribution >= 4 is 21.7 Å². The van der Waals surface area contributed by atoms with Gasteiger partial charge in [0.1, 0.15) is 12.4 Å². The van der Waals surface area contributed by atoms with Crippen molar-refractivity contribution in [2.75, 3.05) is 6.61 Å². The molecule has 0 aliphatic carbocycles. The van der Waals surface area contributed by atoms with E-state index in [2.05, 4.69) is 11.8 Å². The molecule has 0 spiro atoms. The Morgan fingerprint density at radius 3 is 2.23 bits per heavy atom. The molecule has 0 bridgehead atoms. The molecule has 0 unspecified atom stereocenters. The second-order valence-corrected chi connectivity index (χ2v) is 5.90. The largest absolute Gasteiger partial charge is 1.00 e. The van der Waals surface area contributed by atoms with Crippen LogP contribution in [0.4, 0.5) is 0 Å². The number of rotatable bonds is 3. The van der Waals surface area contributed by atoms with Gasteiger partial charge in [-0.3, -0.25) is 4.55 Å². The van der Waals surface area contributed by atoms with Crippen LogP contribution in [0.25, 0.3) is 0 Å². The second-order valence-electron chi connectivity index (χ2n) is 4.04. The van der Waals surface area contributed by atoms with E-state index in [-0.39, 0.29) is 42.5 Å². The van der Waals surface area contributed by atoms with Gasteiger partial charge in [-0.25, -0.2) is 0 Å². The van der Waals surface area contributed by atoms with Gasteiger partial charge in [0, 0.05) is 10.6 Å². The minimum atomic E-state index is -4.18. The minimum Gasteiger partial charge on any atom is -1.00 e. The summed E-state index contributed by atoms with van der Waals surface area (Å²) < 4.78 is 35.9. The van der Waals surface area contributed by atoms with Crippen LogP contribution < -0.4 is 34.3 Å². The molecule has 0 atom stereocenters. The third kappa shape index (κ3) is 6.01. The van der Waals surface area contributed by atoms with Gasteiger partial charge < -0.3 is 6.16 Å². The maximum Gasteiger partial charge on any atom is 1.00 e. The molecule has 1 N–H and O–H groups in total.